The van der Waals surface area contributed by atoms with E-state index in [2.05, 4.69) is 10.5 Å². The minimum absolute atomic E-state index is 0.0580. The molecule has 0 aromatic heterocycles. The van der Waals surface area contributed by atoms with Gasteiger partial charge in [-0.1, -0.05) is 23.7 Å². The summed E-state index contributed by atoms with van der Waals surface area (Å²) in [5.41, 5.74) is 3.28. The number of amides is 1. The van der Waals surface area contributed by atoms with Crippen LogP contribution in [0.15, 0.2) is 41.5 Å². The van der Waals surface area contributed by atoms with Crippen molar-refractivity contribution in [2.24, 2.45) is 5.10 Å². The Bertz CT molecular complexity index is 733. The Balaban J connectivity index is 2.00. The summed E-state index contributed by atoms with van der Waals surface area (Å²) < 4.78 is 17.7. The van der Waals surface area contributed by atoms with E-state index in [1.54, 1.807) is 0 Å². The minimum Gasteiger partial charge on any atom is -0.504 e. The second-order valence-electron chi connectivity index (χ2n) is 4.64. The van der Waals surface area contributed by atoms with E-state index in [9.17, 15) is 14.3 Å². The summed E-state index contributed by atoms with van der Waals surface area (Å²) in [5.74, 6) is -0.663. The molecular weight excluding hydrogens is 323 g/mol. The maximum absolute atomic E-state index is 12.8. The number of ether oxygens (including phenoxy) is 1. The number of hydrogen-bond donors (Lipinski definition) is 2. The van der Waals surface area contributed by atoms with Crippen LogP contribution in [0.25, 0.3) is 0 Å². The monoisotopic (exact) mass is 336 g/mol. The van der Waals surface area contributed by atoms with Gasteiger partial charge in [-0.25, -0.2) is 9.82 Å². The van der Waals surface area contributed by atoms with E-state index < -0.39 is 0 Å². The van der Waals surface area contributed by atoms with Crippen molar-refractivity contribution in [1.29, 1.82) is 0 Å². The van der Waals surface area contributed by atoms with Crippen molar-refractivity contribution in [2.45, 2.75) is 6.42 Å². The lowest BCUT2D eigenvalue weighted by Gasteiger charge is -2.06. The molecule has 7 heteroatoms. The highest BCUT2D eigenvalue weighted by atomic mass is 35.5. The summed E-state index contributed by atoms with van der Waals surface area (Å²) in [6, 6.07) is 8.54. The first-order valence-electron chi connectivity index (χ1n) is 6.62. The number of phenols is 1. The molecule has 1 amide bonds. The second kappa shape index (κ2) is 7.60. The Morgan fingerprint density at radius 3 is 2.74 bits per heavy atom. The molecule has 2 aromatic carbocycles. The maximum Gasteiger partial charge on any atom is 0.244 e. The van der Waals surface area contributed by atoms with Gasteiger partial charge < -0.3 is 9.84 Å². The molecule has 5 nitrogen and oxygen atoms in total. The molecule has 0 radical (unpaired) electrons. The summed E-state index contributed by atoms with van der Waals surface area (Å²) in [7, 11) is 1.40. The third-order valence-corrected chi connectivity index (χ3v) is 3.18. The quantitative estimate of drug-likeness (QED) is 0.651. The van der Waals surface area contributed by atoms with Crippen LogP contribution in [0.5, 0.6) is 11.5 Å². The van der Waals surface area contributed by atoms with Crippen molar-refractivity contribution in [3.05, 3.63) is 58.4 Å². The molecule has 120 valence electrons. The number of nitrogens with zero attached hydrogens (tertiary/aromatic N) is 1. The molecule has 0 atom stereocenters. The standard InChI is InChI=1S/C16H14ClFN2O3/c1-23-14-8-12(17)7-11(16(14)22)9-19-20-15(21)6-10-2-4-13(18)5-3-10/h2-5,7-9,22H,6H2,1H3,(H,20,21)/b19-9+. The lowest BCUT2D eigenvalue weighted by molar-refractivity contribution is -0.120. The minimum atomic E-state index is -0.374. The molecule has 0 heterocycles. The summed E-state index contributed by atoms with van der Waals surface area (Å²) in [6.07, 6.45) is 1.31. The summed E-state index contributed by atoms with van der Waals surface area (Å²) in [4.78, 5) is 11.7. The number of rotatable bonds is 5. The Kier molecular flexibility index (Phi) is 5.54. The fourth-order valence-corrected chi connectivity index (χ4v) is 2.07. The van der Waals surface area contributed by atoms with E-state index in [1.807, 2.05) is 0 Å². The smallest absolute Gasteiger partial charge is 0.244 e. The molecule has 0 aliphatic heterocycles. The van der Waals surface area contributed by atoms with E-state index >= 15 is 0 Å². The van der Waals surface area contributed by atoms with Gasteiger partial charge in [-0.15, -0.1) is 0 Å². The van der Waals surface area contributed by atoms with Crippen LogP contribution in [0.1, 0.15) is 11.1 Å². The van der Waals surface area contributed by atoms with Crippen LogP contribution in [-0.2, 0) is 11.2 Å². The van der Waals surface area contributed by atoms with Gasteiger partial charge in [0.25, 0.3) is 0 Å². The van der Waals surface area contributed by atoms with E-state index in [1.165, 1.54) is 49.7 Å². The SMILES string of the molecule is COc1cc(Cl)cc(/C=N/NC(=O)Cc2ccc(F)cc2)c1O. The molecule has 2 aromatic rings. The van der Waals surface area contributed by atoms with Gasteiger partial charge in [0.1, 0.15) is 5.82 Å². The van der Waals surface area contributed by atoms with Crippen LogP contribution in [-0.4, -0.2) is 24.3 Å². The molecule has 0 spiro atoms. The number of hydrazone groups is 1. The third kappa shape index (κ3) is 4.69. The van der Waals surface area contributed by atoms with Gasteiger partial charge >= 0.3 is 0 Å². The first-order valence-corrected chi connectivity index (χ1v) is 7.00. The Hall–Kier alpha value is -2.60. The molecule has 0 saturated heterocycles. The number of phenolic OH excluding ortho intramolecular Hbond substituents is 1. The van der Waals surface area contributed by atoms with Crippen molar-refractivity contribution in [1.82, 2.24) is 5.43 Å². The lowest BCUT2D eigenvalue weighted by Crippen LogP contribution is -2.19. The van der Waals surface area contributed by atoms with Crippen molar-refractivity contribution < 1.29 is 19.0 Å². The number of aromatic hydroxyl groups is 1. The molecule has 0 bridgehead atoms. The highest BCUT2D eigenvalue weighted by Gasteiger charge is 2.08. The second-order valence-corrected chi connectivity index (χ2v) is 5.08. The number of carbonyl (C=O) groups is 1. The van der Waals surface area contributed by atoms with Crippen LogP contribution < -0.4 is 10.2 Å². The predicted octanol–water partition coefficient (Wildman–Crippen LogP) is 2.89. The summed E-state index contributed by atoms with van der Waals surface area (Å²) in [5, 5.41) is 14.0. The van der Waals surface area contributed by atoms with Crippen molar-refractivity contribution in [3.63, 3.8) is 0 Å². The molecule has 0 saturated carbocycles. The molecule has 0 aliphatic rings. The van der Waals surface area contributed by atoms with E-state index in [0.717, 1.165) is 0 Å². The number of halogens is 2. The Morgan fingerprint density at radius 2 is 2.09 bits per heavy atom. The topological polar surface area (TPSA) is 70.9 Å². The fourth-order valence-electron chi connectivity index (χ4n) is 1.85. The van der Waals surface area contributed by atoms with Gasteiger partial charge in [-0.2, -0.15) is 5.10 Å². The van der Waals surface area contributed by atoms with Gasteiger partial charge in [0.15, 0.2) is 11.5 Å². The van der Waals surface area contributed by atoms with Gasteiger partial charge in [0.05, 0.1) is 19.7 Å². The van der Waals surface area contributed by atoms with Crippen LogP contribution in [0.3, 0.4) is 0 Å². The van der Waals surface area contributed by atoms with E-state index in [0.29, 0.717) is 16.1 Å². The van der Waals surface area contributed by atoms with Crippen LogP contribution in [0, 0.1) is 5.82 Å². The molecule has 0 unspecified atom stereocenters. The van der Waals surface area contributed by atoms with Gasteiger partial charge in [-0.3, -0.25) is 4.79 Å². The van der Waals surface area contributed by atoms with Crippen molar-refractivity contribution in [2.75, 3.05) is 7.11 Å². The average molecular weight is 337 g/mol. The molecule has 2 rings (SSSR count). The zero-order valence-corrected chi connectivity index (χ0v) is 13.0. The summed E-state index contributed by atoms with van der Waals surface area (Å²) >= 11 is 5.89. The first-order chi connectivity index (χ1) is 11.0. The highest BCUT2D eigenvalue weighted by molar-refractivity contribution is 6.31. The molecule has 2 N–H and O–H groups in total. The zero-order chi connectivity index (χ0) is 16.8. The van der Waals surface area contributed by atoms with Crippen LogP contribution >= 0.6 is 11.6 Å². The van der Waals surface area contributed by atoms with Gasteiger partial charge in [-0.05, 0) is 23.8 Å². The van der Waals surface area contributed by atoms with Crippen LogP contribution in [0.2, 0.25) is 5.02 Å². The Labute approximate surface area is 137 Å². The maximum atomic E-state index is 12.8. The van der Waals surface area contributed by atoms with Gasteiger partial charge in [0.2, 0.25) is 5.91 Å². The van der Waals surface area contributed by atoms with Crippen molar-refractivity contribution in [3.8, 4) is 11.5 Å². The van der Waals surface area contributed by atoms with Crippen LogP contribution in [0.4, 0.5) is 4.39 Å². The lowest BCUT2D eigenvalue weighted by atomic mass is 10.1. The number of carbonyl (C=O) groups excluding carboxylic acids is 1. The van der Waals surface area contributed by atoms with E-state index in [4.69, 9.17) is 16.3 Å². The predicted molar refractivity (Wildman–Crippen MR) is 85.5 cm³/mol. The summed E-state index contributed by atoms with van der Waals surface area (Å²) in [6.45, 7) is 0. The largest absolute Gasteiger partial charge is 0.504 e. The van der Waals surface area contributed by atoms with E-state index in [-0.39, 0.29) is 29.6 Å². The third-order valence-electron chi connectivity index (χ3n) is 2.96. The molecular formula is C16H14ClFN2O3. The van der Waals surface area contributed by atoms with Gasteiger partial charge in [0, 0.05) is 16.7 Å². The number of nitrogens with one attached hydrogen (secondary N) is 1. The number of methoxy groups -OCH3 is 1. The highest BCUT2D eigenvalue weighted by Crippen LogP contribution is 2.32. The number of benzene rings is 2. The normalized spacial score (nSPS) is 10.7. The number of hydrogen-bond acceptors (Lipinski definition) is 4. The first kappa shape index (κ1) is 16.8. The van der Waals surface area contributed by atoms with Crippen molar-refractivity contribution >= 4 is 23.7 Å². The fraction of sp³-hybridized carbons (Fsp3) is 0.125. The average Bonchev–Trinajstić information content (AvgIpc) is 2.52. The molecule has 0 fully saturated rings. The zero-order valence-electron chi connectivity index (χ0n) is 12.2. The molecule has 23 heavy (non-hydrogen) atoms. The Morgan fingerprint density at radius 1 is 1.39 bits per heavy atom. The molecule has 0 aliphatic carbocycles.